The molecule has 2 rings (SSSR count). The van der Waals surface area contributed by atoms with Crippen LogP contribution >= 0.6 is 0 Å². The first-order chi connectivity index (χ1) is 7.35. The zero-order chi connectivity index (χ0) is 12.0. The van der Waals surface area contributed by atoms with Crippen LogP contribution in [0.2, 0.25) is 0 Å². The minimum absolute atomic E-state index is 0.112. The molecular formula is C13H25FN2. The van der Waals surface area contributed by atoms with E-state index in [0.717, 1.165) is 32.4 Å². The highest BCUT2D eigenvalue weighted by Gasteiger charge is 2.48. The first-order valence-corrected chi connectivity index (χ1v) is 6.50. The van der Waals surface area contributed by atoms with Crippen molar-refractivity contribution in [2.75, 3.05) is 13.1 Å². The third kappa shape index (κ3) is 2.00. The van der Waals surface area contributed by atoms with E-state index in [-0.39, 0.29) is 17.0 Å². The fourth-order valence-electron chi connectivity index (χ4n) is 3.36. The molecule has 1 aliphatic heterocycles. The quantitative estimate of drug-likeness (QED) is 0.689. The Hall–Kier alpha value is -0.150. The molecule has 2 fully saturated rings. The van der Waals surface area contributed by atoms with Crippen molar-refractivity contribution in [3.05, 3.63) is 0 Å². The Morgan fingerprint density at radius 3 is 2.12 bits per heavy atom. The van der Waals surface area contributed by atoms with Gasteiger partial charge in [-0.15, -0.1) is 0 Å². The van der Waals surface area contributed by atoms with Gasteiger partial charge in [0.15, 0.2) is 0 Å². The van der Waals surface area contributed by atoms with E-state index < -0.39 is 6.17 Å². The Balaban J connectivity index is 2.00. The molecule has 0 radical (unpaired) electrons. The van der Waals surface area contributed by atoms with Gasteiger partial charge in [0.1, 0.15) is 6.17 Å². The highest BCUT2D eigenvalue weighted by atomic mass is 19.1. The average Bonchev–Trinajstić information content (AvgIpc) is 2.47. The molecule has 0 aromatic carbocycles. The van der Waals surface area contributed by atoms with Crippen molar-refractivity contribution >= 4 is 0 Å². The van der Waals surface area contributed by atoms with Gasteiger partial charge in [-0.05, 0) is 65.0 Å². The topological polar surface area (TPSA) is 29.3 Å². The summed E-state index contributed by atoms with van der Waals surface area (Å²) in [6.07, 6.45) is 3.06. The molecule has 1 spiro atoms. The summed E-state index contributed by atoms with van der Waals surface area (Å²) in [7, 11) is 0. The Morgan fingerprint density at radius 2 is 1.75 bits per heavy atom. The van der Waals surface area contributed by atoms with Gasteiger partial charge in [-0.2, -0.15) is 0 Å². The van der Waals surface area contributed by atoms with Gasteiger partial charge in [0, 0.05) is 11.6 Å². The van der Waals surface area contributed by atoms with Gasteiger partial charge in [0.25, 0.3) is 0 Å². The van der Waals surface area contributed by atoms with Crippen LogP contribution in [0.3, 0.4) is 0 Å². The van der Waals surface area contributed by atoms with E-state index in [1.54, 1.807) is 0 Å². The highest BCUT2D eigenvalue weighted by Crippen LogP contribution is 2.47. The molecule has 0 amide bonds. The molecule has 1 aliphatic carbocycles. The van der Waals surface area contributed by atoms with Gasteiger partial charge in [0.05, 0.1) is 0 Å². The molecule has 1 saturated heterocycles. The van der Waals surface area contributed by atoms with Crippen molar-refractivity contribution in [3.63, 3.8) is 0 Å². The smallest absolute Gasteiger partial charge is 0.116 e. The van der Waals surface area contributed by atoms with Crippen LogP contribution < -0.4 is 5.73 Å². The average molecular weight is 228 g/mol. The van der Waals surface area contributed by atoms with E-state index >= 15 is 0 Å². The van der Waals surface area contributed by atoms with Crippen LogP contribution in [-0.4, -0.2) is 35.7 Å². The summed E-state index contributed by atoms with van der Waals surface area (Å²) in [5.74, 6) is 0. The lowest BCUT2D eigenvalue weighted by Gasteiger charge is -2.46. The normalized spacial score (nSPS) is 35.8. The molecule has 16 heavy (non-hydrogen) atoms. The number of halogens is 1. The van der Waals surface area contributed by atoms with E-state index in [4.69, 9.17) is 5.73 Å². The Labute approximate surface area is 98.4 Å². The summed E-state index contributed by atoms with van der Waals surface area (Å²) in [6.45, 7) is 8.89. The molecule has 2 nitrogen and oxygen atoms in total. The molecule has 0 aromatic heterocycles. The number of hydrogen-bond acceptors (Lipinski definition) is 2. The minimum Gasteiger partial charge on any atom is -0.325 e. The van der Waals surface area contributed by atoms with E-state index in [1.807, 2.05) is 0 Å². The second-order valence-electron chi connectivity index (χ2n) is 6.60. The van der Waals surface area contributed by atoms with Crippen LogP contribution in [0.4, 0.5) is 4.39 Å². The largest absolute Gasteiger partial charge is 0.325 e. The number of likely N-dealkylation sites (tertiary alicyclic amines) is 1. The van der Waals surface area contributed by atoms with Gasteiger partial charge < -0.3 is 5.73 Å². The second-order valence-corrected chi connectivity index (χ2v) is 6.60. The third-order valence-electron chi connectivity index (χ3n) is 4.72. The lowest BCUT2D eigenvalue weighted by molar-refractivity contribution is 0.0330. The summed E-state index contributed by atoms with van der Waals surface area (Å²) in [6, 6.07) is -0.213. The zero-order valence-electron chi connectivity index (χ0n) is 10.8. The fraction of sp³-hybridized carbons (Fsp3) is 1.00. The second kappa shape index (κ2) is 3.95. The van der Waals surface area contributed by atoms with E-state index in [1.165, 1.54) is 0 Å². The third-order valence-corrected chi connectivity index (χ3v) is 4.72. The minimum atomic E-state index is -0.763. The van der Waals surface area contributed by atoms with E-state index in [0.29, 0.717) is 6.42 Å². The molecule has 1 heterocycles. The molecule has 3 heteroatoms. The van der Waals surface area contributed by atoms with Crippen LogP contribution in [-0.2, 0) is 0 Å². The number of piperidine rings is 1. The fourth-order valence-corrected chi connectivity index (χ4v) is 3.36. The molecule has 0 bridgehead atoms. The summed E-state index contributed by atoms with van der Waals surface area (Å²) in [5, 5.41) is 0. The van der Waals surface area contributed by atoms with Crippen molar-refractivity contribution in [3.8, 4) is 0 Å². The number of nitrogens with zero attached hydrogens (tertiary/aromatic N) is 1. The lowest BCUT2D eigenvalue weighted by Crippen LogP contribution is -2.53. The first-order valence-electron chi connectivity index (χ1n) is 6.50. The molecule has 0 aromatic rings. The monoisotopic (exact) mass is 228 g/mol. The lowest BCUT2D eigenvalue weighted by atomic mass is 9.73. The molecule has 1 saturated carbocycles. The Bertz CT molecular complexity index is 251. The standard InChI is InChI=1S/C13H25FN2/c1-12(2,3)16-8-6-13(7-9-16)5-4-10(14)11(13)15/h10-11H,4-9,15H2,1-3H3/t10?,11-/m0/s1. The predicted octanol–water partition coefficient (Wildman–Crippen LogP) is 2.33. The Morgan fingerprint density at radius 1 is 1.19 bits per heavy atom. The maximum absolute atomic E-state index is 13.5. The van der Waals surface area contributed by atoms with Crippen LogP contribution in [0.25, 0.3) is 0 Å². The van der Waals surface area contributed by atoms with Gasteiger partial charge in [-0.3, -0.25) is 4.90 Å². The number of hydrogen-bond donors (Lipinski definition) is 1. The van der Waals surface area contributed by atoms with E-state index in [9.17, 15) is 4.39 Å². The van der Waals surface area contributed by atoms with Gasteiger partial charge in [0.2, 0.25) is 0 Å². The molecule has 2 atom stereocenters. The van der Waals surface area contributed by atoms with Gasteiger partial charge in [-0.1, -0.05) is 0 Å². The SMILES string of the molecule is CC(C)(C)N1CCC2(CCC(F)[C@@H]2N)CC1. The van der Waals surface area contributed by atoms with Crippen molar-refractivity contribution < 1.29 is 4.39 Å². The van der Waals surface area contributed by atoms with Crippen LogP contribution in [0, 0.1) is 5.41 Å². The predicted molar refractivity (Wildman–Crippen MR) is 65.1 cm³/mol. The van der Waals surface area contributed by atoms with Crippen LogP contribution in [0.5, 0.6) is 0 Å². The highest BCUT2D eigenvalue weighted by molar-refractivity contribution is 5.03. The summed E-state index contributed by atoms with van der Waals surface area (Å²) in [5.41, 5.74) is 6.40. The maximum Gasteiger partial charge on any atom is 0.116 e. The van der Waals surface area contributed by atoms with Gasteiger partial charge in [-0.25, -0.2) is 4.39 Å². The molecule has 1 unspecified atom stereocenters. The first kappa shape index (κ1) is 12.3. The van der Waals surface area contributed by atoms with Crippen LogP contribution in [0.15, 0.2) is 0 Å². The van der Waals surface area contributed by atoms with E-state index in [2.05, 4.69) is 25.7 Å². The van der Waals surface area contributed by atoms with Crippen molar-refractivity contribution in [2.45, 2.75) is 64.2 Å². The molecule has 94 valence electrons. The summed E-state index contributed by atoms with van der Waals surface area (Å²) >= 11 is 0. The Kier molecular flexibility index (Phi) is 3.04. The number of rotatable bonds is 0. The van der Waals surface area contributed by atoms with Gasteiger partial charge >= 0.3 is 0 Å². The molecule has 2 aliphatic rings. The van der Waals surface area contributed by atoms with Crippen LogP contribution in [0.1, 0.15) is 46.5 Å². The maximum atomic E-state index is 13.5. The summed E-state index contributed by atoms with van der Waals surface area (Å²) in [4.78, 5) is 2.50. The molecular weight excluding hydrogens is 203 g/mol. The van der Waals surface area contributed by atoms with Crippen molar-refractivity contribution in [1.82, 2.24) is 4.90 Å². The number of alkyl halides is 1. The summed E-state index contributed by atoms with van der Waals surface area (Å²) < 4.78 is 13.5. The zero-order valence-corrected chi connectivity index (χ0v) is 10.8. The van der Waals surface area contributed by atoms with Crippen molar-refractivity contribution in [2.24, 2.45) is 11.1 Å². The van der Waals surface area contributed by atoms with Crippen molar-refractivity contribution in [1.29, 1.82) is 0 Å². The number of nitrogens with two attached hydrogens (primary N) is 1. The molecule has 2 N–H and O–H groups in total.